The fourth-order valence-electron chi connectivity index (χ4n) is 4.16. The van der Waals surface area contributed by atoms with E-state index in [0.29, 0.717) is 24.6 Å². The Bertz CT molecular complexity index is 1150. The summed E-state index contributed by atoms with van der Waals surface area (Å²) >= 11 is 0. The van der Waals surface area contributed by atoms with Crippen molar-refractivity contribution in [1.82, 2.24) is 9.80 Å². The number of rotatable bonds is 9. The Kier molecular flexibility index (Phi) is 8.38. The van der Waals surface area contributed by atoms with Gasteiger partial charge in [-0.1, -0.05) is 29.8 Å². The number of anilines is 1. The van der Waals surface area contributed by atoms with Crippen LogP contribution in [-0.2, 0) is 22.6 Å². The number of carbonyl (C=O) groups is 2. The van der Waals surface area contributed by atoms with E-state index >= 15 is 0 Å². The van der Waals surface area contributed by atoms with E-state index in [1.165, 1.54) is 17.0 Å². The molecule has 1 fully saturated rings. The number of ether oxygens (including phenoxy) is 1. The molecule has 1 aliphatic rings. The lowest BCUT2D eigenvalue weighted by Gasteiger charge is -2.29. The van der Waals surface area contributed by atoms with E-state index in [2.05, 4.69) is 5.32 Å². The van der Waals surface area contributed by atoms with E-state index in [4.69, 9.17) is 9.15 Å². The molecule has 0 saturated carbocycles. The highest BCUT2D eigenvalue weighted by Crippen LogP contribution is 2.18. The van der Waals surface area contributed by atoms with Crippen molar-refractivity contribution in [3.63, 3.8) is 0 Å². The lowest BCUT2D eigenvalue weighted by Crippen LogP contribution is -2.46. The van der Waals surface area contributed by atoms with Gasteiger partial charge >= 0.3 is 6.03 Å². The van der Waals surface area contributed by atoms with Gasteiger partial charge in [-0.25, -0.2) is 9.18 Å². The third-order valence-electron chi connectivity index (χ3n) is 6.15. The van der Waals surface area contributed by atoms with Crippen LogP contribution in [0.4, 0.5) is 14.9 Å². The highest BCUT2D eigenvalue weighted by atomic mass is 19.1. The predicted octanol–water partition coefficient (Wildman–Crippen LogP) is 5.28. The summed E-state index contributed by atoms with van der Waals surface area (Å²) in [5.74, 6) is 0.800. The number of aryl methyl sites for hydroxylation is 2. The molecule has 1 unspecified atom stereocenters. The van der Waals surface area contributed by atoms with Crippen molar-refractivity contribution in [2.75, 3.05) is 25.0 Å². The minimum atomic E-state index is -0.363. The monoisotopic (exact) mass is 493 g/mol. The highest BCUT2D eigenvalue weighted by Gasteiger charge is 2.27. The first-order valence-electron chi connectivity index (χ1n) is 12.2. The average Bonchev–Trinajstić information content (AvgIpc) is 3.52. The molecule has 1 atom stereocenters. The summed E-state index contributed by atoms with van der Waals surface area (Å²) in [4.78, 5) is 29.9. The topological polar surface area (TPSA) is 75.0 Å². The van der Waals surface area contributed by atoms with Crippen LogP contribution in [0.15, 0.2) is 65.1 Å². The largest absolute Gasteiger partial charge is 0.464 e. The van der Waals surface area contributed by atoms with Crippen LogP contribution < -0.4 is 5.32 Å². The molecule has 1 saturated heterocycles. The SMILES string of the molecule is Cc1ccc(NC(=O)N(CC(=O)N(Cc2ccc(F)cc2)Cc2ccc(C)o2)CC2CCCO2)cc1. The van der Waals surface area contributed by atoms with Crippen molar-refractivity contribution < 1.29 is 23.1 Å². The number of urea groups is 1. The Morgan fingerprint density at radius 3 is 2.36 bits per heavy atom. The predicted molar refractivity (Wildman–Crippen MR) is 135 cm³/mol. The van der Waals surface area contributed by atoms with Gasteiger partial charge in [0.05, 0.1) is 12.6 Å². The van der Waals surface area contributed by atoms with Crippen LogP contribution in [0.2, 0.25) is 0 Å². The first kappa shape index (κ1) is 25.4. The van der Waals surface area contributed by atoms with Gasteiger partial charge in [0.1, 0.15) is 23.9 Å². The molecule has 0 radical (unpaired) electrons. The molecule has 1 aliphatic heterocycles. The van der Waals surface area contributed by atoms with Gasteiger partial charge in [0, 0.05) is 25.4 Å². The van der Waals surface area contributed by atoms with E-state index in [-0.39, 0.29) is 43.5 Å². The van der Waals surface area contributed by atoms with Gasteiger partial charge in [-0.15, -0.1) is 0 Å². The molecule has 3 amide bonds. The molecule has 1 N–H and O–H groups in total. The van der Waals surface area contributed by atoms with Gasteiger partial charge in [-0.2, -0.15) is 0 Å². The standard InChI is InChI=1S/C28H32FN3O4/c1-20-5-12-24(13-6-20)30-28(34)32(17-25-4-3-15-35-25)19-27(33)31(18-26-14-7-21(2)36-26)16-22-8-10-23(29)11-9-22/h5-14,25H,3-4,15-19H2,1-2H3,(H,30,34). The molecule has 190 valence electrons. The molecule has 0 spiro atoms. The van der Waals surface area contributed by atoms with Crippen LogP contribution in [0.3, 0.4) is 0 Å². The fourth-order valence-corrected chi connectivity index (χ4v) is 4.16. The molecule has 8 heteroatoms. The number of furan rings is 1. The minimum absolute atomic E-state index is 0.111. The molecule has 36 heavy (non-hydrogen) atoms. The van der Waals surface area contributed by atoms with Crippen LogP contribution in [-0.4, -0.2) is 47.5 Å². The number of carbonyl (C=O) groups excluding carboxylic acids is 2. The summed E-state index contributed by atoms with van der Waals surface area (Å²) in [6.07, 6.45) is 1.66. The van der Waals surface area contributed by atoms with E-state index in [1.807, 2.05) is 50.2 Å². The lowest BCUT2D eigenvalue weighted by molar-refractivity contribution is -0.133. The smallest absolute Gasteiger partial charge is 0.322 e. The summed E-state index contributed by atoms with van der Waals surface area (Å²) in [5.41, 5.74) is 2.52. The van der Waals surface area contributed by atoms with Crippen LogP contribution in [0.1, 0.15) is 35.5 Å². The maximum Gasteiger partial charge on any atom is 0.322 e. The number of hydrogen-bond acceptors (Lipinski definition) is 4. The number of halogens is 1. The van der Waals surface area contributed by atoms with Crippen molar-refractivity contribution in [3.8, 4) is 0 Å². The molecule has 0 bridgehead atoms. The molecular weight excluding hydrogens is 461 g/mol. The van der Waals surface area contributed by atoms with E-state index < -0.39 is 0 Å². The molecule has 7 nitrogen and oxygen atoms in total. The van der Waals surface area contributed by atoms with Crippen molar-refractivity contribution in [3.05, 3.63) is 89.1 Å². The Labute approximate surface area is 210 Å². The lowest BCUT2D eigenvalue weighted by atomic mass is 10.2. The van der Waals surface area contributed by atoms with E-state index in [0.717, 1.165) is 29.7 Å². The van der Waals surface area contributed by atoms with Crippen molar-refractivity contribution in [2.45, 2.75) is 45.9 Å². The van der Waals surface area contributed by atoms with Crippen molar-refractivity contribution in [1.29, 1.82) is 0 Å². The van der Waals surface area contributed by atoms with Gasteiger partial charge in [-0.3, -0.25) is 4.79 Å². The summed E-state index contributed by atoms with van der Waals surface area (Å²) in [7, 11) is 0. The van der Waals surface area contributed by atoms with Crippen molar-refractivity contribution in [2.24, 2.45) is 0 Å². The Balaban J connectivity index is 1.51. The molecule has 3 aromatic rings. The second-order valence-corrected chi connectivity index (χ2v) is 9.20. The third kappa shape index (κ3) is 7.18. The first-order chi connectivity index (χ1) is 17.4. The number of nitrogens with one attached hydrogen (secondary N) is 1. The quantitative estimate of drug-likeness (QED) is 0.440. The van der Waals surface area contributed by atoms with Gasteiger partial charge in [-0.05, 0) is 68.7 Å². The summed E-state index contributed by atoms with van der Waals surface area (Å²) in [6, 6.07) is 16.8. The minimum Gasteiger partial charge on any atom is -0.464 e. The molecule has 4 rings (SSSR count). The van der Waals surface area contributed by atoms with E-state index in [1.54, 1.807) is 17.0 Å². The third-order valence-corrected chi connectivity index (χ3v) is 6.15. The Morgan fingerprint density at radius 1 is 0.972 bits per heavy atom. The van der Waals surface area contributed by atoms with Gasteiger partial charge in [0.25, 0.3) is 0 Å². The molecule has 1 aromatic heterocycles. The number of benzene rings is 2. The maximum atomic E-state index is 13.6. The number of nitrogens with zero attached hydrogens (tertiary/aromatic N) is 2. The maximum absolute atomic E-state index is 13.6. The zero-order valence-electron chi connectivity index (χ0n) is 20.7. The van der Waals surface area contributed by atoms with Crippen LogP contribution in [0, 0.1) is 19.7 Å². The zero-order valence-corrected chi connectivity index (χ0v) is 20.7. The normalized spacial score (nSPS) is 15.0. The van der Waals surface area contributed by atoms with Crippen LogP contribution in [0.5, 0.6) is 0 Å². The summed E-state index contributed by atoms with van der Waals surface area (Å²) in [6.45, 7) is 5.15. The fraction of sp³-hybridized carbons (Fsp3) is 0.357. The molecule has 2 aromatic carbocycles. The van der Waals surface area contributed by atoms with E-state index in [9.17, 15) is 14.0 Å². The number of hydrogen-bond donors (Lipinski definition) is 1. The highest BCUT2D eigenvalue weighted by molar-refractivity contribution is 5.92. The summed E-state index contributed by atoms with van der Waals surface area (Å²) in [5, 5.41) is 2.90. The van der Waals surface area contributed by atoms with Gasteiger partial charge in [0.2, 0.25) is 5.91 Å². The second-order valence-electron chi connectivity index (χ2n) is 9.20. The molecule has 0 aliphatic carbocycles. The van der Waals surface area contributed by atoms with Crippen molar-refractivity contribution >= 4 is 17.6 Å². The Hall–Kier alpha value is -3.65. The van der Waals surface area contributed by atoms with Crippen LogP contribution in [0.25, 0.3) is 0 Å². The van der Waals surface area contributed by atoms with Crippen LogP contribution >= 0.6 is 0 Å². The molecular formula is C28H32FN3O4. The second kappa shape index (κ2) is 11.9. The summed E-state index contributed by atoms with van der Waals surface area (Å²) < 4.78 is 24.9. The number of amides is 3. The van der Waals surface area contributed by atoms with Gasteiger partial charge < -0.3 is 24.3 Å². The Morgan fingerprint density at radius 2 is 1.72 bits per heavy atom. The molecule has 2 heterocycles. The zero-order chi connectivity index (χ0) is 25.5. The van der Waals surface area contributed by atoms with Gasteiger partial charge in [0.15, 0.2) is 0 Å². The average molecular weight is 494 g/mol. The first-order valence-corrected chi connectivity index (χ1v) is 12.2.